The summed E-state index contributed by atoms with van der Waals surface area (Å²) >= 11 is 3.52. The molecular formula is C19H23BrO2. The van der Waals surface area contributed by atoms with Crippen molar-refractivity contribution in [2.24, 2.45) is 0 Å². The Hall–Kier alpha value is -1.45. The highest BCUT2D eigenvalue weighted by Crippen LogP contribution is 2.15. The monoisotopic (exact) mass is 362 g/mol. The molecule has 0 N–H and O–H groups in total. The highest BCUT2D eigenvalue weighted by molar-refractivity contribution is 9.11. The van der Waals surface area contributed by atoms with Crippen LogP contribution in [0.25, 0.3) is 0 Å². The van der Waals surface area contributed by atoms with Gasteiger partial charge in [0.1, 0.15) is 5.78 Å². The Kier molecular flexibility index (Phi) is 9.44. The van der Waals surface area contributed by atoms with Crippen LogP contribution in [0.4, 0.5) is 0 Å². The summed E-state index contributed by atoms with van der Waals surface area (Å²) in [4.78, 5) is 10.9. The first-order valence-corrected chi connectivity index (χ1v) is 8.21. The Morgan fingerprint density at radius 1 is 1.36 bits per heavy atom. The van der Waals surface area contributed by atoms with Gasteiger partial charge in [-0.05, 0) is 31.4 Å². The second-order valence-electron chi connectivity index (χ2n) is 5.05. The molecule has 1 aromatic carbocycles. The summed E-state index contributed by atoms with van der Waals surface area (Å²) in [5.41, 5.74) is 1.15. The van der Waals surface area contributed by atoms with Crippen LogP contribution in [0, 0.1) is 0 Å². The molecule has 0 aliphatic heterocycles. The van der Waals surface area contributed by atoms with Crippen LogP contribution in [0.2, 0.25) is 0 Å². The zero-order chi connectivity index (χ0) is 16.2. The molecule has 0 amide bonds. The second kappa shape index (κ2) is 11.2. The van der Waals surface area contributed by atoms with Gasteiger partial charge in [0.05, 0.1) is 12.7 Å². The molecule has 1 rings (SSSR count). The van der Waals surface area contributed by atoms with Crippen LogP contribution in [0.5, 0.6) is 0 Å². The van der Waals surface area contributed by atoms with Gasteiger partial charge in [0.25, 0.3) is 0 Å². The zero-order valence-electron chi connectivity index (χ0n) is 13.0. The first kappa shape index (κ1) is 18.6. The van der Waals surface area contributed by atoms with E-state index in [1.807, 2.05) is 54.6 Å². The van der Waals surface area contributed by atoms with Crippen LogP contribution < -0.4 is 0 Å². The lowest BCUT2D eigenvalue weighted by atomic mass is 10.2. The number of Topliss-reactive ketones (excluding diaryl/α,β-unsaturated/α-hetero) is 1. The molecule has 0 unspecified atom stereocenters. The maximum Gasteiger partial charge on any atom is 0.130 e. The number of ether oxygens (including phenoxy) is 1. The van der Waals surface area contributed by atoms with E-state index in [0.29, 0.717) is 13.0 Å². The van der Waals surface area contributed by atoms with Crippen molar-refractivity contribution < 1.29 is 9.53 Å². The molecule has 0 radical (unpaired) electrons. The van der Waals surface area contributed by atoms with Gasteiger partial charge >= 0.3 is 0 Å². The predicted molar refractivity (Wildman–Crippen MR) is 95.9 cm³/mol. The van der Waals surface area contributed by atoms with Gasteiger partial charge in [-0.3, -0.25) is 0 Å². The topological polar surface area (TPSA) is 26.3 Å². The highest BCUT2D eigenvalue weighted by atomic mass is 79.9. The van der Waals surface area contributed by atoms with E-state index in [4.69, 9.17) is 4.74 Å². The van der Waals surface area contributed by atoms with E-state index < -0.39 is 0 Å². The SMILES string of the molecule is C=CC[C@@H](/C=C(Br)/C=C/CCC(C)=O)OCc1ccccc1. The third-order valence-corrected chi connectivity index (χ3v) is 3.52. The number of benzene rings is 1. The quantitative estimate of drug-likeness (QED) is 0.414. The summed E-state index contributed by atoms with van der Waals surface area (Å²) in [6.07, 6.45) is 9.90. The molecule has 1 aromatic rings. The van der Waals surface area contributed by atoms with Crippen molar-refractivity contribution in [3.63, 3.8) is 0 Å². The second-order valence-corrected chi connectivity index (χ2v) is 5.97. The number of allylic oxidation sites excluding steroid dienone is 3. The van der Waals surface area contributed by atoms with Gasteiger partial charge in [0.15, 0.2) is 0 Å². The Labute approximate surface area is 141 Å². The van der Waals surface area contributed by atoms with Crippen LogP contribution in [0.3, 0.4) is 0 Å². The fourth-order valence-corrected chi connectivity index (χ4v) is 2.32. The van der Waals surface area contributed by atoms with Crippen molar-refractivity contribution in [3.05, 3.63) is 71.3 Å². The number of ketones is 1. The largest absolute Gasteiger partial charge is 0.369 e. The minimum atomic E-state index is -0.0236. The lowest BCUT2D eigenvalue weighted by Gasteiger charge is -2.13. The fourth-order valence-electron chi connectivity index (χ4n) is 1.84. The van der Waals surface area contributed by atoms with Crippen LogP contribution in [-0.2, 0) is 16.1 Å². The normalized spacial score (nSPS) is 13.3. The molecule has 0 spiro atoms. The summed E-state index contributed by atoms with van der Waals surface area (Å²) in [6.45, 7) is 5.96. The van der Waals surface area contributed by atoms with Gasteiger partial charge in [-0.1, -0.05) is 64.5 Å². The maximum atomic E-state index is 10.9. The molecular weight excluding hydrogens is 340 g/mol. The average molecular weight is 363 g/mol. The molecule has 3 heteroatoms. The van der Waals surface area contributed by atoms with E-state index in [1.165, 1.54) is 0 Å². The standard InChI is InChI=1S/C19H23BrO2/c1-3-9-19(22-15-17-11-5-4-6-12-17)14-18(20)13-8-7-10-16(2)21/h3-6,8,11-14,19H,1,7,9-10,15H2,2H3/b13-8+,18-14-/t19-/m0/s1. The Balaban J connectivity index is 2.52. The van der Waals surface area contributed by atoms with Gasteiger partial charge in [0, 0.05) is 10.9 Å². The molecule has 0 saturated heterocycles. The highest BCUT2D eigenvalue weighted by Gasteiger charge is 2.05. The molecule has 1 atom stereocenters. The van der Waals surface area contributed by atoms with Gasteiger partial charge in [-0.15, -0.1) is 6.58 Å². The summed E-state index contributed by atoms with van der Waals surface area (Å²) < 4.78 is 6.87. The average Bonchev–Trinajstić information content (AvgIpc) is 2.50. The van der Waals surface area contributed by atoms with Crippen LogP contribution in [0.15, 0.2) is 65.7 Å². The van der Waals surface area contributed by atoms with Crippen molar-refractivity contribution >= 4 is 21.7 Å². The molecule has 0 heterocycles. The van der Waals surface area contributed by atoms with E-state index >= 15 is 0 Å². The first-order valence-electron chi connectivity index (χ1n) is 7.41. The smallest absolute Gasteiger partial charge is 0.130 e. The lowest BCUT2D eigenvalue weighted by molar-refractivity contribution is -0.116. The fraction of sp³-hybridized carbons (Fsp3) is 0.316. The van der Waals surface area contributed by atoms with Gasteiger partial charge in [-0.25, -0.2) is 0 Å². The molecule has 0 saturated carbocycles. The minimum Gasteiger partial charge on any atom is -0.369 e. The van der Waals surface area contributed by atoms with Crippen LogP contribution >= 0.6 is 15.9 Å². The molecule has 22 heavy (non-hydrogen) atoms. The zero-order valence-corrected chi connectivity index (χ0v) is 14.6. The third-order valence-electron chi connectivity index (χ3n) is 2.99. The number of halogens is 1. The molecule has 118 valence electrons. The van der Waals surface area contributed by atoms with E-state index in [9.17, 15) is 4.79 Å². The molecule has 0 aliphatic rings. The van der Waals surface area contributed by atoms with Gasteiger partial charge < -0.3 is 9.53 Å². The van der Waals surface area contributed by atoms with E-state index in [0.717, 1.165) is 22.9 Å². The molecule has 0 bridgehead atoms. The van der Waals surface area contributed by atoms with E-state index in [-0.39, 0.29) is 11.9 Å². The summed E-state index contributed by atoms with van der Waals surface area (Å²) in [5.74, 6) is 0.209. The molecule has 0 aliphatic carbocycles. The number of carbonyl (C=O) groups is 1. The Bertz CT molecular complexity index is 517. The first-order chi connectivity index (χ1) is 10.6. The predicted octanol–water partition coefficient (Wildman–Crippen LogP) is 5.35. The van der Waals surface area contributed by atoms with Crippen LogP contribution in [-0.4, -0.2) is 11.9 Å². The van der Waals surface area contributed by atoms with Crippen molar-refractivity contribution in [2.75, 3.05) is 0 Å². The number of hydrogen-bond donors (Lipinski definition) is 0. The van der Waals surface area contributed by atoms with Gasteiger partial charge in [0.2, 0.25) is 0 Å². The number of hydrogen-bond acceptors (Lipinski definition) is 2. The summed E-state index contributed by atoms with van der Waals surface area (Å²) in [5, 5.41) is 0. The summed E-state index contributed by atoms with van der Waals surface area (Å²) in [6, 6.07) is 10.1. The van der Waals surface area contributed by atoms with Crippen molar-refractivity contribution in [2.45, 2.75) is 38.9 Å². The number of rotatable bonds is 10. The lowest BCUT2D eigenvalue weighted by Crippen LogP contribution is -2.09. The number of carbonyl (C=O) groups excluding carboxylic acids is 1. The minimum absolute atomic E-state index is 0.0236. The molecule has 2 nitrogen and oxygen atoms in total. The van der Waals surface area contributed by atoms with Gasteiger partial charge in [-0.2, -0.15) is 0 Å². The van der Waals surface area contributed by atoms with Crippen molar-refractivity contribution in [1.82, 2.24) is 0 Å². The molecule has 0 aromatic heterocycles. The van der Waals surface area contributed by atoms with Crippen molar-refractivity contribution in [3.8, 4) is 0 Å². The van der Waals surface area contributed by atoms with Crippen molar-refractivity contribution in [1.29, 1.82) is 0 Å². The van der Waals surface area contributed by atoms with Crippen LogP contribution in [0.1, 0.15) is 31.7 Å². The van der Waals surface area contributed by atoms with E-state index in [2.05, 4.69) is 22.5 Å². The molecule has 0 fully saturated rings. The Morgan fingerprint density at radius 3 is 2.73 bits per heavy atom. The maximum absolute atomic E-state index is 10.9. The third kappa shape index (κ3) is 8.75. The summed E-state index contributed by atoms with van der Waals surface area (Å²) in [7, 11) is 0. The van der Waals surface area contributed by atoms with E-state index in [1.54, 1.807) is 6.92 Å². The Morgan fingerprint density at radius 2 is 2.09 bits per heavy atom.